The third kappa shape index (κ3) is 6.08. The van der Waals surface area contributed by atoms with E-state index >= 15 is 0 Å². The third-order valence-electron chi connectivity index (χ3n) is 2.44. The zero-order chi connectivity index (χ0) is 14.3. The van der Waals surface area contributed by atoms with Gasteiger partial charge >= 0.3 is 6.18 Å². The van der Waals surface area contributed by atoms with Crippen molar-refractivity contribution in [1.29, 1.82) is 0 Å². The zero-order valence-corrected chi connectivity index (χ0v) is 10.5. The number of nitrogens with zero attached hydrogens (tertiary/aromatic N) is 1. The third-order valence-corrected chi connectivity index (χ3v) is 2.44. The van der Waals surface area contributed by atoms with Gasteiger partial charge in [0.25, 0.3) is 5.91 Å². The van der Waals surface area contributed by atoms with E-state index in [0.29, 0.717) is 18.7 Å². The van der Waals surface area contributed by atoms with Gasteiger partial charge in [0.05, 0.1) is 0 Å². The topological polar surface area (TPSA) is 54.0 Å². The smallest absolute Gasteiger partial charge is 0.385 e. The van der Waals surface area contributed by atoms with Gasteiger partial charge in [0.1, 0.15) is 5.69 Å². The highest BCUT2D eigenvalue weighted by molar-refractivity contribution is 5.92. The lowest BCUT2D eigenvalue weighted by atomic mass is 10.2. The first kappa shape index (κ1) is 15.3. The van der Waals surface area contributed by atoms with Crippen LogP contribution in [0.3, 0.4) is 0 Å². The van der Waals surface area contributed by atoms with Crippen LogP contribution in [0.4, 0.5) is 18.9 Å². The molecule has 7 heteroatoms. The van der Waals surface area contributed by atoms with Crippen molar-refractivity contribution in [2.24, 2.45) is 0 Å². The summed E-state index contributed by atoms with van der Waals surface area (Å²) < 4.78 is 35.7. The number of amides is 1. The minimum atomic E-state index is -4.09. The first-order valence-electron chi connectivity index (χ1n) is 5.91. The fraction of sp³-hybridized carbons (Fsp3) is 0.500. The molecule has 1 aromatic heterocycles. The van der Waals surface area contributed by atoms with Crippen LogP contribution in [0, 0.1) is 0 Å². The van der Waals surface area contributed by atoms with Crippen LogP contribution in [-0.4, -0.2) is 30.7 Å². The predicted molar refractivity (Wildman–Crippen MR) is 66.0 cm³/mol. The van der Waals surface area contributed by atoms with E-state index in [1.54, 1.807) is 12.1 Å². The lowest BCUT2D eigenvalue weighted by Crippen LogP contribution is -2.19. The minimum absolute atomic E-state index is 0.0872. The van der Waals surface area contributed by atoms with E-state index in [0.717, 1.165) is 0 Å². The summed E-state index contributed by atoms with van der Waals surface area (Å²) in [5.74, 6) is -0.305. The summed E-state index contributed by atoms with van der Waals surface area (Å²) >= 11 is 0. The van der Waals surface area contributed by atoms with Crippen molar-refractivity contribution in [2.45, 2.75) is 25.4 Å². The maximum atomic E-state index is 11.9. The molecular weight excluding hydrogens is 259 g/mol. The SMILES string of the molecule is CNC(=O)c1cc(NCCCCC(F)(F)F)ccn1. The van der Waals surface area contributed by atoms with Crippen molar-refractivity contribution in [3.05, 3.63) is 24.0 Å². The van der Waals surface area contributed by atoms with Crippen LogP contribution in [0.2, 0.25) is 0 Å². The highest BCUT2D eigenvalue weighted by Crippen LogP contribution is 2.22. The Labute approximate surface area is 109 Å². The van der Waals surface area contributed by atoms with Crippen LogP contribution in [0.25, 0.3) is 0 Å². The van der Waals surface area contributed by atoms with Gasteiger partial charge in [-0.3, -0.25) is 9.78 Å². The molecule has 1 rings (SSSR count). The van der Waals surface area contributed by atoms with Gasteiger partial charge in [0.2, 0.25) is 0 Å². The summed E-state index contributed by atoms with van der Waals surface area (Å²) in [5.41, 5.74) is 0.934. The summed E-state index contributed by atoms with van der Waals surface area (Å²) in [4.78, 5) is 15.2. The van der Waals surface area contributed by atoms with E-state index in [9.17, 15) is 18.0 Å². The normalized spacial score (nSPS) is 11.2. The molecule has 0 unspecified atom stereocenters. The maximum Gasteiger partial charge on any atom is 0.389 e. The summed E-state index contributed by atoms with van der Waals surface area (Å²) in [6.45, 7) is 0.424. The van der Waals surface area contributed by atoms with E-state index in [1.807, 2.05) is 0 Å². The number of alkyl halides is 3. The predicted octanol–water partition coefficient (Wildman–Crippen LogP) is 2.59. The monoisotopic (exact) mass is 275 g/mol. The lowest BCUT2D eigenvalue weighted by Gasteiger charge is -2.08. The van der Waals surface area contributed by atoms with Gasteiger partial charge in [-0.2, -0.15) is 13.2 Å². The molecule has 1 heterocycles. The second-order valence-corrected chi connectivity index (χ2v) is 4.01. The summed E-state index contributed by atoms with van der Waals surface area (Å²) in [6.07, 6.45) is -2.89. The van der Waals surface area contributed by atoms with Crippen molar-refractivity contribution in [2.75, 3.05) is 18.9 Å². The van der Waals surface area contributed by atoms with Crippen molar-refractivity contribution < 1.29 is 18.0 Å². The maximum absolute atomic E-state index is 11.9. The van der Waals surface area contributed by atoms with Crippen molar-refractivity contribution >= 4 is 11.6 Å². The Kier molecular flexibility index (Phi) is 5.59. The molecule has 0 aliphatic rings. The Balaban J connectivity index is 2.35. The van der Waals surface area contributed by atoms with Crippen LogP contribution in [-0.2, 0) is 0 Å². The number of aromatic nitrogens is 1. The van der Waals surface area contributed by atoms with Gasteiger partial charge in [-0.1, -0.05) is 0 Å². The molecule has 0 spiro atoms. The number of nitrogens with one attached hydrogen (secondary N) is 2. The molecule has 2 N–H and O–H groups in total. The number of pyridine rings is 1. The number of rotatable bonds is 6. The zero-order valence-electron chi connectivity index (χ0n) is 10.5. The van der Waals surface area contributed by atoms with Gasteiger partial charge in [-0.05, 0) is 25.0 Å². The second-order valence-electron chi connectivity index (χ2n) is 4.01. The molecule has 19 heavy (non-hydrogen) atoms. The molecule has 0 saturated heterocycles. The number of unbranched alkanes of at least 4 members (excludes halogenated alkanes) is 1. The molecule has 0 saturated carbocycles. The largest absolute Gasteiger partial charge is 0.389 e. The average molecular weight is 275 g/mol. The molecule has 0 aliphatic heterocycles. The van der Waals surface area contributed by atoms with Crippen LogP contribution < -0.4 is 10.6 Å². The minimum Gasteiger partial charge on any atom is -0.385 e. The Morgan fingerprint density at radius 3 is 2.74 bits per heavy atom. The molecule has 0 fully saturated rings. The van der Waals surface area contributed by atoms with Crippen molar-refractivity contribution in [1.82, 2.24) is 10.3 Å². The molecular formula is C12H16F3N3O. The molecule has 0 aromatic carbocycles. The second kappa shape index (κ2) is 6.96. The molecule has 106 valence electrons. The molecule has 0 atom stereocenters. The van der Waals surface area contributed by atoms with E-state index in [4.69, 9.17) is 0 Å². The molecule has 1 aromatic rings. The summed E-state index contributed by atoms with van der Waals surface area (Å²) in [5, 5.41) is 5.41. The molecule has 0 bridgehead atoms. The summed E-state index contributed by atoms with van der Waals surface area (Å²) in [6, 6.07) is 3.22. The Hall–Kier alpha value is -1.79. The number of carbonyl (C=O) groups is 1. The van der Waals surface area contributed by atoms with Crippen LogP contribution in [0.1, 0.15) is 29.8 Å². The van der Waals surface area contributed by atoms with Gasteiger partial charge < -0.3 is 10.6 Å². The quantitative estimate of drug-likeness (QED) is 0.785. The Morgan fingerprint density at radius 2 is 2.11 bits per heavy atom. The van der Waals surface area contributed by atoms with E-state index in [-0.39, 0.29) is 18.0 Å². The molecule has 0 aliphatic carbocycles. The fourth-order valence-electron chi connectivity index (χ4n) is 1.48. The number of anilines is 1. The first-order chi connectivity index (χ1) is 8.92. The van der Waals surface area contributed by atoms with Gasteiger partial charge in [0, 0.05) is 31.9 Å². The highest BCUT2D eigenvalue weighted by Gasteiger charge is 2.25. The molecule has 0 radical (unpaired) electrons. The number of carbonyl (C=O) groups excluding carboxylic acids is 1. The van der Waals surface area contributed by atoms with Crippen molar-refractivity contribution in [3.63, 3.8) is 0 Å². The van der Waals surface area contributed by atoms with Crippen LogP contribution >= 0.6 is 0 Å². The number of hydrogen-bond donors (Lipinski definition) is 2. The van der Waals surface area contributed by atoms with Crippen molar-refractivity contribution in [3.8, 4) is 0 Å². The van der Waals surface area contributed by atoms with E-state index in [1.165, 1.54) is 13.2 Å². The van der Waals surface area contributed by atoms with E-state index in [2.05, 4.69) is 15.6 Å². The van der Waals surface area contributed by atoms with Gasteiger partial charge in [0.15, 0.2) is 0 Å². The molecule has 1 amide bonds. The average Bonchev–Trinajstić information content (AvgIpc) is 2.36. The number of hydrogen-bond acceptors (Lipinski definition) is 3. The van der Waals surface area contributed by atoms with Crippen LogP contribution in [0.5, 0.6) is 0 Å². The molecule has 4 nitrogen and oxygen atoms in total. The Morgan fingerprint density at radius 1 is 1.37 bits per heavy atom. The summed E-state index contributed by atoms with van der Waals surface area (Å²) in [7, 11) is 1.50. The number of halogens is 3. The standard InChI is InChI=1S/C12H16F3N3O/c1-16-11(19)10-8-9(4-7-18-10)17-6-3-2-5-12(13,14)15/h4,7-8H,2-3,5-6H2,1H3,(H,16,19)(H,17,18). The first-order valence-corrected chi connectivity index (χ1v) is 5.91. The lowest BCUT2D eigenvalue weighted by molar-refractivity contribution is -0.135. The Bertz CT molecular complexity index is 421. The fourth-order valence-corrected chi connectivity index (χ4v) is 1.48. The van der Waals surface area contributed by atoms with E-state index < -0.39 is 12.6 Å². The van der Waals surface area contributed by atoms with Crippen LogP contribution in [0.15, 0.2) is 18.3 Å². The highest BCUT2D eigenvalue weighted by atomic mass is 19.4. The van der Waals surface area contributed by atoms with Gasteiger partial charge in [-0.25, -0.2) is 0 Å². The van der Waals surface area contributed by atoms with Gasteiger partial charge in [-0.15, -0.1) is 0 Å².